The summed E-state index contributed by atoms with van der Waals surface area (Å²) in [5.74, 6) is 1.28. The summed E-state index contributed by atoms with van der Waals surface area (Å²) in [5, 5.41) is -0.503. The van der Waals surface area contributed by atoms with Crippen LogP contribution in [0.15, 0.2) is 18.2 Å². The summed E-state index contributed by atoms with van der Waals surface area (Å²) in [6, 6.07) is 5.60. The number of hydrogen-bond acceptors (Lipinski definition) is 6. The summed E-state index contributed by atoms with van der Waals surface area (Å²) < 4.78 is 41.4. The average Bonchev–Trinajstić information content (AvgIpc) is 3.01. The maximum absolute atomic E-state index is 12.5. The molecule has 0 amide bonds. The summed E-state index contributed by atoms with van der Waals surface area (Å²) in [5.41, 5.74) is 6.35. The van der Waals surface area contributed by atoms with Gasteiger partial charge in [0.1, 0.15) is 0 Å². The molecule has 0 spiro atoms. The first kappa shape index (κ1) is 16.5. The van der Waals surface area contributed by atoms with Crippen molar-refractivity contribution < 1.29 is 22.6 Å². The van der Waals surface area contributed by atoms with Gasteiger partial charge in [-0.1, -0.05) is 13.0 Å². The largest absolute Gasteiger partial charge is 0.454 e. The second kappa shape index (κ2) is 5.96. The Morgan fingerprint density at radius 3 is 2.70 bits per heavy atom. The highest BCUT2D eigenvalue weighted by Gasteiger charge is 2.69. The van der Waals surface area contributed by atoms with Crippen LogP contribution in [0.5, 0.6) is 11.5 Å². The molecule has 23 heavy (non-hydrogen) atoms. The van der Waals surface area contributed by atoms with E-state index in [0.717, 1.165) is 5.56 Å². The van der Waals surface area contributed by atoms with E-state index >= 15 is 0 Å². The Kier molecular flexibility index (Phi) is 4.29. The third-order valence-corrected chi connectivity index (χ3v) is 7.20. The normalized spacial score (nSPS) is 28.8. The second-order valence-electron chi connectivity index (χ2n) is 6.04. The first-order valence-electron chi connectivity index (χ1n) is 7.89. The zero-order valence-electron chi connectivity index (χ0n) is 13.4. The molecule has 0 saturated heterocycles. The maximum Gasteiger partial charge on any atom is 0.231 e. The highest BCUT2D eigenvalue weighted by atomic mass is 32.2. The van der Waals surface area contributed by atoms with E-state index in [1.165, 1.54) is 0 Å². The third kappa shape index (κ3) is 2.60. The van der Waals surface area contributed by atoms with Crippen molar-refractivity contribution in [3.05, 3.63) is 23.8 Å². The van der Waals surface area contributed by atoms with Crippen molar-refractivity contribution in [2.24, 2.45) is 11.1 Å². The second-order valence-corrected chi connectivity index (χ2v) is 8.45. The van der Waals surface area contributed by atoms with Crippen LogP contribution < -0.4 is 15.2 Å². The van der Waals surface area contributed by atoms with E-state index in [1.54, 1.807) is 6.92 Å². The zero-order chi connectivity index (χ0) is 16.7. The van der Waals surface area contributed by atoms with Crippen molar-refractivity contribution in [1.82, 2.24) is 0 Å². The van der Waals surface area contributed by atoms with Crippen LogP contribution in [0.3, 0.4) is 0 Å². The Morgan fingerprint density at radius 2 is 2.04 bits per heavy atom. The third-order valence-electron chi connectivity index (χ3n) is 4.88. The summed E-state index contributed by atoms with van der Waals surface area (Å²) in [6.45, 7) is 4.92. The molecule has 0 bridgehead atoms. The minimum atomic E-state index is -3.22. The maximum atomic E-state index is 12.5. The van der Waals surface area contributed by atoms with Crippen LogP contribution in [-0.2, 0) is 14.6 Å². The van der Waals surface area contributed by atoms with Gasteiger partial charge in [0.2, 0.25) is 6.79 Å². The SMILES string of the molecule is CCOC[C@]1(CN)[C@H](c2ccc3c(c2)OCO3)[C@@H]1S(=O)(=O)CC. The fraction of sp³-hybridized carbons (Fsp3) is 0.625. The predicted octanol–water partition coefficient (Wildman–Crippen LogP) is 1.30. The van der Waals surface area contributed by atoms with E-state index in [4.69, 9.17) is 19.9 Å². The number of hydrogen-bond donors (Lipinski definition) is 1. The van der Waals surface area contributed by atoms with E-state index in [1.807, 2.05) is 25.1 Å². The van der Waals surface area contributed by atoms with E-state index in [2.05, 4.69) is 0 Å². The van der Waals surface area contributed by atoms with Crippen molar-refractivity contribution >= 4 is 9.84 Å². The van der Waals surface area contributed by atoms with Gasteiger partial charge in [-0.25, -0.2) is 8.42 Å². The minimum Gasteiger partial charge on any atom is -0.454 e. The van der Waals surface area contributed by atoms with Crippen molar-refractivity contribution in [3.8, 4) is 11.5 Å². The highest BCUT2D eigenvalue weighted by Crippen LogP contribution is 2.63. The van der Waals surface area contributed by atoms with Crippen LogP contribution >= 0.6 is 0 Å². The summed E-state index contributed by atoms with van der Waals surface area (Å²) in [6.07, 6.45) is 0. The molecule has 7 heteroatoms. The van der Waals surface area contributed by atoms with Crippen LogP contribution in [0.1, 0.15) is 25.3 Å². The van der Waals surface area contributed by atoms with Gasteiger partial charge in [0.25, 0.3) is 0 Å². The van der Waals surface area contributed by atoms with E-state index in [0.29, 0.717) is 24.7 Å². The van der Waals surface area contributed by atoms with E-state index < -0.39 is 20.5 Å². The van der Waals surface area contributed by atoms with Crippen LogP contribution in [0, 0.1) is 5.41 Å². The fourth-order valence-corrected chi connectivity index (χ4v) is 5.73. The molecule has 1 aliphatic heterocycles. The van der Waals surface area contributed by atoms with E-state index in [-0.39, 0.29) is 25.0 Å². The molecule has 1 fully saturated rings. The van der Waals surface area contributed by atoms with Crippen molar-refractivity contribution in [1.29, 1.82) is 0 Å². The van der Waals surface area contributed by atoms with Gasteiger partial charge >= 0.3 is 0 Å². The highest BCUT2D eigenvalue weighted by molar-refractivity contribution is 7.92. The number of nitrogens with two attached hydrogens (primary N) is 1. The Balaban J connectivity index is 1.98. The van der Waals surface area contributed by atoms with Crippen LogP contribution in [0.2, 0.25) is 0 Å². The molecule has 0 radical (unpaired) electrons. The molecule has 2 N–H and O–H groups in total. The molecule has 1 aromatic carbocycles. The molecule has 3 atom stereocenters. The number of rotatable bonds is 7. The van der Waals surface area contributed by atoms with Gasteiger partial charge in [0, 0.05) is 30.2 Å². The number of fused-ring (bicyclic) bond motifs is 1. The Morgan fingerprint density at radius 1 is 1.30 bits per heavy atom. The molecule has 1 heterocycles. The zero-order valence-corrected chi connectivity index (χ0v) is 14.3. The molecular weight excluding hydrogens is 318 g/mol. The lowest BCUT2D eigenvalue weighted by atomic mass is 9.99. The van der Waals surface area contributed by atoms with Gasteiger partial charge in [-0.2, -0.15) is 0 Å². The Hall–Kier alpha value is -1.31. The number of sulfone groups is 1. The number of benzene rings is 1. The topological polar surface area (TPSA) is 87.8 Å². The van der Waals surface area contributed by atoms with Gasteiger partial charge in [-0.05, 0) is 24.6 Å². The molecule has 1 aromatic rings. The molecule has 1 aliphatic carbocycles. The lowest BCUT2D eigenvalue weighted by Gasteiger charge is -2.15. The van der Waals surface area contributed by atoms with Gasteiger partial charge in [-0.15, -0.1) is 0 Å². The van der Waals surface area contributed by atoms with Gasteiger partial charge in [0.15, 0.2) is 21.3 Å². The molecule has 0 aromatic heterocycles. The fourth-order valence-electron chi connectivity index (χ4n) is 3.58. The average molecular weight is 341 g/mol. The monoisotopic (exact) mass is 341 g/mol. The van der Waals surface area contributed by atoms with Crippen molar-refractivity contribution in [2.75, 3.05) is 32.3 Å². The first-order chi connectivity index (χ1) is 11.0. The summed E-state index contributed by atoms with van der Waals surface area (Å²) >= 11 is 0. The van der Waals surface area contributed by atoms with Gasteiger partial charge in [0.05, 0.1) is 11.9 Å². The molecule has 3 rings (SSSR count). The molecule has 6 nitrogen and oxygen atoms in total. The smallest absolute Gasteiger partial charge is 0.231 e. The van der Waals surface area contributed by atoms with Gasteiger partial charge < -0.3 is 19.9 Å². The first-order valence-corrected chi connectivity index (χ1v) is 9.60. The lowest BCUT2D eigenvalue weighted by Crippen LogP contribution is -2.29. The molecule has 2 aliphatic rings. The number of ether oxygens (including phenoxy) is 3. The predicted molar refractivity (Wildman–Crippen MR) is 86.5 cm³/mol. The molecule has 0 unspecified atom stereocenters. The summed E-state index contributed by atoms with van der Waals surface area (Å²) in [4.78, 5) is 0. The quantitative estimate of drug-likeness (QED) is 0.804. The van der Waals surface area contributed by atoms with Crippen molar-refractivity contribution in [3.63, 3.8) is 0 Å². The van der Waals surface area contributed by atoms with Gasteiger partial charge in [-0.3, -0.25) is 0 Å². The molecular formula is C16H23NO5S. The van der Waals surface area contributed by atoms with E-state index in [9.17, 15) is 8.42 Å². The lowest BCUT2D eigenvalue weighted by molar-refractivity contribution is 0.101. The Bertz CT molecular complexity index is 690. The van der Waals surface area contributed by atoms with Crippen molar-refractivity contribution in [2.45, 2.75) is 25.0 Å². The van der Waals surface area contributed by atoms with Crippen LogP contribution in [0.25, 0.3) is 0 Å². The summed E-state index contributed by atoms with van der Waals surface area (Å²) in [7, 11) is -3.22. The molecule has 1 saturated carbocycles. The minimum absolute atomic E-state index is 0.104. The standard InChI is InChI=1S/C16H23NO5S/c1-3-20-9-16(8-17)14(15(16)23(18,19)4-2)11-5-6-12-13(7-11)22-10-21-12/h5-7,14-15H,3-4,8-10,17H2,1-2H3/t14-,15+,16-/m1/s1. The molecule has 128 valence electrons. The van der Waals surface area contributed by atoms with Crippen LogP contribution in [0.4, 0.5) is 0 Å². The Labute approximate surface area is 136 Å². The van der Waals surface area contributed by atoms with Crippen LogP contribution in [-0.4, -0.2) is 46.0 Å².